The van der Waals surface area contributed by atoms with Crippen molar-refractivity contribution in [1.82, 2.24) is 4.90 Å². The number of halogens is 1. The van der Waals surface area contributed by atoms with E-state index in [-0.39, 0.29) is 24.5 Å². The molecule has 0 aromatic heterocycles. The van der Waals surface area contributed by atoms with Crippen molar-refractivity contribution in [3.05, 3.63) is 45.3 Å². The molecule has 4 rings (SSSR count). The fourth-order valence-electron chi connectivity index (χ4n) is 5.13. The van der Waals surface area contributed by atoms with Gasteiger partial charge in [-0.25, -0.2) is 0 Å². The van der Waals surface area contributed by atoms with Gasteiger partial charge in [-0.1, -0.05) is 11.6 Å². The highest BCUT2D eigenvalue weighted by atomic mass is 35.5. The van der Waals surface area contributed by atoms with E-state index < -0.39 is 11.9 Å². The number of ether oxygens (including phenoxy) is 2. The number of rotatable bonds is 6. The van der Waals surface area contributed by atoms with Gasteiger partial charge in [0.25, 0.3) is 0 Å². The summed E-state index contributed by atoms with van der Waals surface area (Å²) in [5.74, 6) is -0.643. The Morgan fingerprint density at radius 1 is 1.03 bits per heavy atom. The lowest BCUT2D eigenvalue weighted by molar-refractivity contribution is -0.137. The number of Topliss-reactive ketones (excluding diaryl/α,β-unsaturated/α-hetero) is 2. The summed E-state index contributed by atoms with van der Waals surface area (Å²) < 4.78 is 10.8. The van der Waals surface area contributed by atoms with Crippen LogP contribution in [0.3, 0.4) is 0 Å². The number of benzene rings is 1. The Bertz CT molecular complexity index is 1010. The summed E-state index contributed by atoms with van der Waals surface area (Å²) in [6.45, 7) is 0.243. The predicted molar refractivity (Wildman–Crippen MR) is 118 cm³/mol. The molecule has 1 aromatic carbocycles. The van der Waals surface area contributed by atoms with Crippen molar-refractivity contribution < 1.29 is 29.0 Å². The van der Waals surface area contributed by atoms with Crippen LogP contribution in [0.5, 0.6) is 11.5 Å². The fourth-order valence-corrected chi connectivity index (χ4v) is 5.43. The largest absolute Gasteiger partial charge is 0.493 e. The number of carbonyl (C=O) groups excluding carboxylic acids is 2. The van der Waals surface area contributed by atoms with Crippen LogP contribution in [0.15, 0.2) is 34.7 Å². The van der Waals surface area contributed by atoms with Crippen molar-refractivity contribution >= 4 is 29.1 Å². The zero-order valence-corrected chi connectivity index (χ0v) is 19.0. The number of aliphatic carboxylic acids is 1. The predicted octanol–water partition coefficient (Wildman–Crippen LogP) is 4.25. The minimum Gasteiger partial charge on any atom is -0.493 e. The summed E-state index contributed by atoms with van der Waals surface area (Å²) in [6, 6.07) is 3.51. The van der Waals surface area contributed by atoms with Gasteiger partial charge in [0.1, 0.15) is 0 Å². The van der Waals surface area contributed by atoms with Crippen LogP contribution in [0.4, 0.5) is 0 Å². The minimum atomic E-state index is -0.910. The Hall–Kier alpha value is -2.80. The van der Waals surface area contributed by atoms with Gasteiger partial charge in [-0.2, -0.15) is 0 Å². The van der Waals surface area contributed by atoms with Crippen LogP contribution in [0.2, 0.25) is 5.02 Å². The molecule has 3 aliphatic rings. The van der Waals surface area contributed by atoms with Gasteiger partial charge in [0.2, 0.25) is 0 Å². The Balaban J connectivity index is 1.94. The quantitative estimate of drug-likeness (QED) is 0.679. The summed E-state index contributed by atoms with van der Waals surface area (Å²) >= 11 is 6.49. The molecule has 1 aliphatic heterocycles. The summed E-state index contributed by atoms with van der Waals surface area (Å²) in [5.41, 5.74) is 3.55. The van der Waals surface area contributed by atoms with E-state index in [2.05, 4.69) is 0 Å². The number of methoxy groups -OCH3 is 2. The van der Waals surface area contributed by atoms with Gasteiger partial charge in [-0.05, 0) is 43.4 Å². The van der Waals surface area contributed by atoms with E-state index in [4.69, 9.17) is 21.1 Å². The molecule has 170 valence electrons. The monoisotopic (exact) mass is 459 g/mol. The number of hydrogen-bond donors (Lipinski definition) is 1. The summed E-state index contributed by atoms with van der Waals surface area (Å²) in [6.07, 6.45) is 3.49. The molecule has 0 saturated heterocycles. The first-order valence-corrected chi connectivity index (χ1v) is 11.2. The van der Waals surface area contributed by atoms with E-state index in [9.17, 15) is 19.5 Å². The molecule has 1 N–H and O–H groups in total. The van der Waals surface area contributed by atoms with E-state index in [1.807, 2.05) is 4.90 Å². The maximum Gasteiger partial charge on any atom is 0.305 e. The van der Waals surface area contributed by atoms with Gasteiger partial charge in [0, 0.05) is 47.8 Å². The molecule has 1 heterocycles. The molecule has 8 heteroatoms. The van der Waals surface area contributed by atoms with Crippen LogP contribution in [-0.4, -0.2) is 48.3 Å². The van der Waals surface area contributed by atoms with Gasteiger partial charge in [0.15, 0.2) is 23.1 Å². The van der Waals surface area contributed by atoms with Crippen molar-refractivity contribution in [2.75, 3.05) is 20.8 Å². The third-order valence-corrected chi connectivity index (χ3v) is 6.71. The maximum atomic E-state index is 13.2. The lowest BCUT2D eigenvalue weighted by Gasteiger charge is -2.44. The zero-order valence-electron chi connectivity index (χ0n) is 18.2. The number of carboxylic acids is 1. The van der Waals surface area contributed by atoms with E-state index >= 15 is 0 Å². The number of nitrogens with zero attached hydrogens (tertiary/aromatic N) is 1. The highest BCUT2D eigenvalue weighted by Gasteiger charge is 2.43. The van der Waals surface area contributed by atoms with Crippen LogP contribution in [-0.2, 0) is 14.4 Å². The van der Waals surface area contributed by atoms with Crippen molar-refractivity contribution in [3.8, 4) is 11.5 Å². The number of carbonyl (C=O) groups is 3. The molecule has 0 radical (unpaired) electrons. The highest BCUT2D eigenvalue weighted by Crippen LogP contribution is 2.51. The molecule has 0 spiro atoms. The molecule has 0 bridgehead atoms. The summed E-state index contributed by atoms with van der Waals surface area (Å²) in [7, 11) is 3.01. The molecule has 2 aliphatic carbocycles. The molecule has 1 aromatic rings. The minimum absolute atomic E-state index is 0.00703. The molecule has 0 amide bonds. The third kappa shape index (κ3) is 3.79. The molecule has 0 saturated carbocycles. The van der Waals surface area contributed by atoms with Gasteiger partial charge in [0.05, 0.1) is 25.7 Å². The second-order valence-electron chi connectivity index (χ2n) is 8.24. The highest BCUT2D eigenvalue weighted by molar-refractivity contribution is 6.32. The molecule has 7 nitrogen and oxygen atoms in total. The first-order chi connectivity index (χ1) is 15.4. The molecule has 0 unspecified atom stereocenters. The summed E-state index contributed by atoms with van der Waals surface area (Å²) in [5, 5.41) is 9.61. The van der Waals surface area contributed by atoms with Gasteiger partial charge < -0.3 is 19.5 Å². The van der Waals surface area contributed by atoms with Crippen LogP contribution < -0.4 is 9.47 Å². The lowest BCUT2D eigenvalue weighted by Crippen LogP contribution is -2.39. The Kier molecular flexibility index (Phi) is 6.29. The molecular formula is C24H26ClNO6. The van der Waals surface area contributed by atoms with Crippen LogP contribution in [0.25, 0.3) is 0 Å². The Morgan fingerprint density at radius 2 is 1.62 bits per heavy atom. The van der Waals surface area contributed by atoms with Crippen molar-refractivity contribution in [3.63, 3.8) is 0 Å². The normalized spacial score (nSPS) is 19.2. The SMILES string of the molecule is COc1cc(C2C3=C(CCCC3=O)N(CCC(=O)O)C3=C2C(=O)CCC3)cc(Cl)c1OC. The zero-order chi connectivity index (χ0) is 23.0. The van der Waals surface area contributed by atoms with E-state index in [0.717, 1.165) is 11.4 Å². The third-order valence-electron chi connectivity index (χ3n) is 6.42. The average molecular weight is 460 g/mol. The smallest absolute Gasteiger partial charge is 0.305 e. The first kappa shape index (κ1) is 22.4. The first-order valence-electron chi connectivity index (χ1n) is 10.8. The van der Waals surface area contributed by atoms with Gasteiger partial charge >= 0.3 is 5.97 Å². The van der Waals surface area contributed by atoms with E-state index in [0.29, 0.717) is 71.8 Å². The molecule has 0 fully saturated rings. The van der Waals surface area contributed by atoms with E-state index in [1.54, 1.807) is 12.1 Å². The maximum absolute atomic E-state index is 13.2. The van der Waals surface area contributed by atoms with Crippen LogP contribution in [0.1, 0.15) is 56.4 Å². The molecule has 32 heavy (non-hydrogen) atoms. The Morgan fingerprint density at radius 3 is 2.12 bits per heavy atom. The van der Waals surface area contributed by atoms with E-state index in [1.165, 1.54) is 14.2 Å². The van der Waals surface area contributed by atoms with Crippen LogP contribution in [0, 0.1) is 0 Å². The average Bonchev–Trinajstić information content (AvgIpc) is 2.76. The van der Waals surface area contributed by atoms with Crippen molar-refractivity contribution in [1.29, 1.82) is 0 Å². The van der Waals surface area contributed by atoms with Gasteiger partial charge in [-0.15, -0.1) is 0 Å². The Labute approximate surface area is 191 Å². The second kappa shape index (κ2) is 8.98. The van der Waals surface area contributed by atoms with Crippen molar-refractivity contribution in [2.24, 2.45) is 0 Å². The number of hydrogen-bond acceptors (Lipinski definition) is 6. The standard InChI is InChI=1S/C24H26ClNO6/c1-31-19-12-13(11-14(25)24(19)32-2)21-22-15(5-3-7-17(22)27)26(10-9-20(29)30)16-6-4-8-18(28)23(16)21/h11-12,21H,3-10H2,1-2H3,(H,29,30). The molecular weight excluding hydrogens is 434 g/mol. The lowest BCUT2D eigenvalue weighted by atomic mass is 9.71. The second-order valence-corrected chi connectivity index (χ2v) is 8.65. The number of carboxylic acid groups (broad SMARTS) is 1. The fraction of sp³-hybridized carbons (Fsp3) is 0.458. The summed E-state index contributed by atoms with van der Waals surface area (Å²) in [4.78, 5) is 39.7. The van der Waals surface area contributed by atoms with Gasteiger partial charge in [-0.3, -0.25) is 14.4 Å². The molecule has 0 atom stereocenters. The topological polar surface area (TPSA) is 93.1 Å². The number of ketones is 2. The van der Waals surface area contributed by atoms with Crippen LogP contribution >= 0.6 is 11.6 Å². The van der Waals surface area contributed by atoms with Crippen molar-refractivity contribution in [2.45, 2.75) is 50.9 Å². The number of allylic oxidation sites excluding steroid dienone is 4.